The Kier molecular flexibility index (Phi) is 5.32. The second-order valence-electron chi connectivity index (χ2n) is 4.68. The van der Waals surface area contributed by atoms with Gasteiger partial charge in [0.05, 0.1) is 19.3 Å². The van der Waals surface area contributed by atoms with Crippen molar-refractivity contribution in [2.45, 2.75) is 25.6 Å². The third-order valence-electron chi connectivity index (χ3n) is 3.10. The van der Waals surface area contributed by atoms with E-state index in [1.165, 1.54) is 0 Å². The van der Waals surface area contributed by atoms with Crippen molar-refractivity contribution < 1.29 is 9.47 Å². The summed E-state index contributed by atoms with van der Waals surface area (Å²) in [5, 5.41) is 17.5. The molecule has 102 valence electrons. The van der Waals surface area contributed by atoms with E-state index in [1.807, 2.05) is 36.4 Å². The highest BCUT2D eigenvalue weighted by molar-refractivity contribution is 5.62. The van der Waals surface area contributed by atoms with E-state index in [0.717, 1.165) is 30.6 Å². The van der Waals surface area contributed by atoms with Crippen molar-refractivity contribution in [2.24, 2.45) is 0 Å². The fourth-order valence-electron chi connectivity index (χ4n) is 2.11. The molecule has 2 rings (SSSR count). The Labute approximate surface area is 118 Å². The molecule has 1 atom stereocenters. The van der Waals surface area contributed by atoms with E-state index in [2.05, 4.69) is 0 Å². The zero-order chi connectivity index (χ0) is 14.2. The van der Waals surface area contributed by atoms with Gasteiger partial charge in [-0.05, 0) is 36.1 Å². The minimum absolute atomic E-state index is 0.0995. The lowest BCUT2D eigenvalue weighted by molar-refractivity contribution is 0.0106. The molecule has 0 radical (unpaired) electrons. The number of ether oxygens (including phenoxy) is 2. The maximum absolute atomic E-state index is 8.74. The summed E-state index contributed by atoms with van der Waals surface area (Å²) in [5.41, 5.74) is 1.95. The SMILES string of the molecule is N#CC(C#N)=Cc1cccc(COCC2CCCO2)c1. The molecule has 0 aromatic heterocycles. The standard InChI is InChI=1S/C16H16N2O2/c17-9-15(10-18)8-13-3-1-4-14(7-13)11-19-12-16-5-2-6-20-16/h1,3-4,7-8,16H,2,5-6,11-12H2. The van der Waals surface area contributed by atoms with Gasteiger partial charge >= 0.3 is 0 Å². The van der Waals surface area contributed by atoms with E-state index in [-0.39, 0.29) is 11.7 Å². The number of allylic oxidation sites excluding steroid dienone is 1. The number of nitriles is 2. The van der Waals surface area contributed by atoms with E-state index < -0.39 is 0 Å². The Hall–Kier alpha value is -2.14. The Morgan fingerprint density at radius 3 is 2.95 bits per heavy atom. The molecule has 0 bridgehead atoms. The number of rotatable bonds is 5. The molecule has 1 unspecified atom stereocenters. The summed E-state index contributed by atoms with van der Waals surface area (Å²) >= 11 is 0. The average molecular weight is 268 g/mol. The maximum Gasteiger partial charge on any atom is 0.130 e. The molecule has 20 heavy (non-hydrogen) atoms. The molecule has 1 saturated heterocycles. The third kappa shape index (κ3) is 4.20. The lowest BCUT2D eigenvalue weighted by Gasteiger charge is -2.10. The van der Waals surface area contributed by atoms with Crippen LogP contribution in [0.15, 0.2) is 29.8 Å². The van der Waals surface area contributed by atoms with E-state index >= 15 is 0 Å². The lowest BCUT2D eigenvalue weighted by atomic mass is 10.1. The average Bonchev–Trinajstić information content (AvgIpc) is 2.98. The van der Waals surface area contributed by atoms with Gasteiger partial charge in [0.2, 0.25) is 0 Å². The van der Waals surface area contributed by atoms with Crippen LogP contribution in [0.1, 0.15) is 24.0 Å². The Balaban J connectivity index is 1.91. The largest absolute Gasteiger partial charge is 0.376 e. The highest BCUT2D eigenvalue weighted by Crippen LogP contribution is 2.14. The fraction of sp³-hybridized carbons (Fsp3) is 0.375. The lowest BCUT2D eigenvalue weighted by Crippen LogP contribution is -2.13. The molecule has 1 heterocycles. The first-order chi connectivity index (χ1) is 9.81. The number of hydrogen-bond donors (Lipinski definition) is 0. The summed E-state index contributed by atoms with van der Waals surface area (Å²) in [5.74, 6) is 0. The van der Waals surface area contributed by atoms with Crippen molar-refractivity contribution in [2.75, 3.05) is 13.2 Å². The van der Waals surface area contributed by atoms with Crippen LogP contribution in [0.3, 0.4) is 0 Å². The summed E-state index contributed by atoms with van der Waals surface area (Å²) < 4.78 is 11.1. The van der Waals surface area contributed by atoms with Crippen LogP contribution in [0.2, 0.25) is 0 Å². The molecule has 4 heteroatoms. The van der Waals surface area contributed by atoms with E-state index in [4.69, 9.17) is 20.0 Å². The minimum Gasteiger partial charge on any atom is -0.376 e. The first-order valence-corrected chi connectivity index (χ1v) is 6.62. The van der Waals surface area contributed by atoms with Crippen LogP contribution >= 0.6 is 0 Å². The van der Waals surface area contributed by atoms with Crippen LogP contribution in [0.4, 0.5) is 0 Å². The third-order valence-corrected chi connectivity index (χ3v) is 3.10. The molecule has 0 amide bonds. The first kappa shape index (κ1) is 14.3. The Bertz CT molecular complexity index is 545. The summed E-state index contributed by atoms with van der Waals surface area (Å²) in [6.07, 6.45) is 3.97. The summed E-state index contributed by atoms with van der Waals surface area (Å²) in [6.45, 7) is 1.96. The molecular formula is C16H16N2O2. The zero-order valence-corrected chi connectivity index (χ0v) is 11.2. The van der Waals surface area contributed by atoms with Gasteiger partial charge in [-0.25, -0.2) is 0 Å². The van der Waals surface area contributed by atoms with E-state index in [1.54, 1.807) is 6.08 Å². The van der Waals surface area contributed by atoms with Gasteiger partial charge in [0, 0.05) is 6.61 Å². The van der Waals surface area contributed by atoms with Crippen molar-refractivity contribution in [1.29, 1.82) is 10.5 Å². The Morgan fingerprint density at radius 1 is 1.40 bits per heavy atom. The van der Waals surface area contributed by atoms with Crippen molar-refractivity contribution in [3.05, 3.63) is 41.0 Å². The fourth-order valence-corrected chi connectivity index (χ4v) is 2.11. The molecule has 1 aliphatic heterocycles. The molecule has 0 N–H and O–H groups in total. The van der Waals surface area contributed by atoms with Gasteiger partial charge in [-0.2, -0.15) is 10.5 Å². The molecule has 1 aliphatic rings. The van der Waals surface area contributed by atoms with E-state index in [9.17, 15) is 0 Å². The second kappa shape index (κ2) is 7.45. The molecule has 1 aromatic rings. The molecule has 0 spiro atoms. The number of hydrogen-bond acceptors (Lipinski definition) is 4. The van der Waals surface area contributed by atoms with Crippen molar-refractivity contribution in [3.8, 4) is 12.1 Å². The van der Waals surface area contributed by atoms with Gasteiger partial charge in [-0.1, -0.05) is 18.2 Å². The van der Waals surface area contributed by atoms with Crippen LogP contribution in [-0.4, -0.2) is 19.3 Å². The van der Waals surface area contributed by atoms with Gasteiger partial charge in [0.1, 0.15) is 17.7 Å². The minimum atomic E-state index is 0.0995. The molecule has 4 nitrogen and oxygen atoms in total. The van der Waals surface area contributed by atoms with Crippen LogP contribution in [0.5, 0.6) is 0 Å². The molecular weight excluding hydrogens is 252 g/mol. The predicted octanol–water partition coefficient (Wildman–Crippen LogP) is 2.81. The number of nitrogens with zero attached hydrogens (tertiary/aromatic N) is 2. The van der Waals surface area contributed by atoms with Crippen molar-refractivity contribution >= 4 is 6.08 Å². The van der Waals surface area contributed by atoms with Crippen LogP contribution in [0.25, 0.3) is 6.08 Å². The van der Waals surface area contributed by atoms with Gasteiger partial charge in [-0.15, -0.1) is 0 Å². The first-order valence-electron chi connectivity index (χ1n) is 6.62. The second-order valence-corrected chi connectivity index (χ2v) is 4.68. The van der Waals surface area contributed by atoms with Crippen molar-refractivity contribution in [3.63, 3.8) is 0 Å². The summed E-state index contributed by atoms with van der Waals surface area (Å²) in [6, 6.07) is 11.3. The topological polar surface area (TPSA) is 66.0 Å². The summed E-state index contributed by atoms with van der Waals surface area (Å²) in [7, 11) is 0. The maximum atomic E-state index is 8.74. The van der Waals surface area contributed by atoms with Gasteiger partial charge in [0.15, 0.2) is 0 Å². The highest BCUT2D eigenvalue weighted by atomic mass is 16.5. The molecule has 0 saturated carbocycles. The predicted molar refractivity (Wildman–Crippen MR) is 74.3 cm³/mol. The quantitative estimate of drug-likeness (QED) is 0.770. The van der Waals surface area contributed by atoms with Crippen LogP contribution in [-0.2, 0) is 16.1 Å². The monoisotopic (exact) mass is 268 g/mol. The van der Waals surface area contributed by atoms with E-state index in [0.29, 0.717) is 13.2 Å². The Morgan fingerprint density at radius 2 is 2.25 bits per heavy atom. The van der Waals surface area contributed by atoms with Crippen LogP contribution in [0, 0.1) is 22.7 Å². The zero-order valence-electron chi connectivity index (χ0n) is 11.2. The highest BCUT2D eigenvalue weighted by Gasteiger charge is 2.15. The van der Waals surface area contributed by atoms with Crippen LogP contribution < -0.4 is 0 Å². The smallest absolute Gasteiger partial charge is 0.130 e. The van der Waals surface area contributed by atoms with Crippen molar-refractivity contribution in [1.82, 2.24) is 0 Å². The van der Waals surface area contributed by atoms with Gasteiger partial charge in [0.25, 0.3) is 0 Å². The molecule has 0 aliphatic carbocycles. The van der Waals surface area contributed by atoms with Gasteiger partial charge < -0.3 is 9.47 Å². The van der Waals surface area contributed by atoms with Gasteiger partial charge in [-0.3, -0.25) is 0 Å². The molecule has 1 aromatic carbocycles. The molecule has 1 fully saturated rings. The number of benzene rings is 1. The summed E-state index contributed by atoms with van der Waals surface area (Å²) in [4.78, 5) is 0. The normalized spacial score (nSPS) is 17.2.